The Bertz CT molecular complexity index is 439. The number of halogens is 3. The van der Waals surface area contributed by atoms with Crippen molar-refractivity contribution in [1.29, 1.82) is 0 Å². The summed E-state index contributed by atoms with van der Waals surface area (Å²) < 4.78 is 43.0. The molecule has 18 heavy (non-hydrogen) atoms. The zero-order valence-electron chi connectivity index (χ0n) is 9.75. The number of nitrogens with two attached hydrogens (primary N) is 1. The molecule has 0 aliphatic heterocycles. The van der Waals surface area contributed by atoms with Gasteiger partial charge in [0.15, 0.2) is 0 Å². The number of ether oxygens (including phenoxy) is 1. The van der Waals surface area contributed by atoms with Crippen molar-refractivity contribution in [2.45, 2.75) is 26.3 Å². The largest absolute Gasteiger partial charge is 0.466 e. The first-order valence-electron chi connectivity index (χ1n) is 5.31. The van der Waals surface area contributed by atoms with Crippen LogP contribution in [0.2, 0.25) is 0 Å². The number of rotatable bonds is 5. The van der Waals surface area contributed by atoms with Crippen LogP contribution in [-0.4, -0.2) is 17.6 Å². The lowest BCUT2D eigenvalue weighted by Gasteiger charge is -2.10. The summed E-state index contributed by atoms with van der Waals surface area (Å²) in [5.41, 5.74) is 4.62. The number of hydrogen-bond acceptors (Lipinski definition) is 4. The second kappa shape index (κ2) is 6.34. The molecular weight excluding hydrogens is 249 g/mol. The van der Waals surface area contributed by atoms with E-state index in [-0.39, 0.29) is 30.7 Å². The average molecular weight is 262 g/mol. The minimum absolute atomic E-state index is 0.0487. The highest BCUT2D eigenvalue weighted by Gasteiger charge is 2.18. The van der Waals surface area contributed by atoms with Gasteiger partial charge in [-0.15, -0.1) is 0 Å². The topological polar surface area (TPSA) is 65.2 Å². The van der Waals surface area contributed by atoms with E-state index in [1.54, 1.807) is 6.92 Å². The van der Waals surface area contributed by atoms with Gasteiger partial charge >= 0.3 is 5.97 Å². The number of carbonyl (C=O) groups is 1. The Labute approximate surface area is 102 Å². The van der Waals surface area contributed by atoms with Crippen LogP contribution in [0.1, 0.15) is 30.2 Å². The molecule has 0 aromatic carbocycles. The summed E-state index contributed by atoms with van der Waals surface area (Å²) in [4.78, 5) is 14.4. The molecule has 2 N–H and O–H groups in total. The van der Waals surface area contributed by atoms with Crippen LogP contribution in [0.4, 0.5) is 13.2 Å². The SMILES string of the molecule is CCOC(=O)Cc1cc(C(F)F)nc(F)c1CN. The van der Waals surface area contributed by atoms with Crippen LogP contribution in [0.5, 0.6) is 0 Å². The Kier molecular flexibility index (Phi) is 5.08. The molecule has 0 amide bonds. The third-order valence-corrected chi connectivity index (χ3v) is 2.25. The van der Waals surface area contributed by atoms with E-state index in [0.29, 0.717) is 0 Å². The average Bonchev–Trinajstić information content (AvgIpc) is 2.28. The minimum atomic E-state index is -2.91. The number of carbonyl (C=O) groups excluding carboxylic acids is 1. The number of alkyl halides is 2. The zero-order chi connectivity index (χ0) is 13.7. The molecule has 0 fully saturated rings. The second-order valence-electron chi connectivity index (χ2n) is 3.46. The second-order valence-corrected chi connectivity index (χ2v) is 3.46. The van der Waals surface area contributed by atoms with Crippen LogP contribution in [0.3, 0.4) is 0 Å². The van der Waals surface area contributed by atoms with Crippen LogP contribution >= 0.6 is 0 Å². The fourth-order valence-corrected chi connectivity index (χ4v) is 1.46. The maximum absolute atomic E-state index is 13.4. The van der Waals surface area contributed by atoms with Crippen molar-refractivity contribution >= 4 is 5.97 Å². The van der Waals surface area contributed by atoms with E-state index in [2.05, 4.69) is 9.72 Å². The fraction of sp³-hybridized carbons (Fsp3) is 0.455. The lowest BCUT2D eigenvalue weighted by Crippen LogP contribution is -2.14. The van der Waals surface area contributed by atoms with Crippen LogP contribution in [-0.2, 0) is 22.5 Å². The van der Waals surface area contributed by atoms with E-state index in [0.717, 1.165) is 6.07 Å². The maximum atomic E-state index is 13.4. The third-order valence-electron chi connectivity index (χ3n) is 2.25. The van der Waals surface area contributed by atoms with E-state index in [1.165, 1.54) is 0 Å². The third kappa shape index (κ3) is 3.43. The highest BCUT2D eigenvalue weighted by molar-refractivity contribution is 5.73. The monoisotopic (exact) mass is 262 g/mol. The smallest absolute Gasteiger partial charge is 0.310 e. The van der Waals surface area contributed by atoms with E-state index in [1.807, 2.05) is 0 Å². The van der Waals surface area contributed by atoms with Crippen molar-refractivity contribution < 1.29 is 22.7 Å². The molecule has 0 radical (unpaired) electrons. The Balaban J connectivity index is 3.10. The first kappa shape index (κ1) is 14.4. The van der Waals surface area contributed by atoms with Gasteiger partial charge in [0.25, 0.3) is 6.43 Å². The van der Waals surface area contributed by atoms with Crippen LogP contribution < -0.4 is 5.73 Å². The lowest BCUT2D eigenvalue weighted by atomic mass is 10.1. The van der Waals surface area contributed by atoms with E-state index in [9.17, 15) is 18.0 Å². The number of hydrogen-bond donors (Lipinski definition) is 1. The van der Waals surface area contributed by atoms with E-state index < -0.39 is 24.0 Å². The molecule has 0 unspecified atom stereocenters. The Morgan fingerprint density at radius 1 is 1.56 bits per heavy atom. The summed E-state index contributed by atoms with van der Waals surface area (Å²) in [6.45, 7) is 1.54. The number of pyridine rings is 1. The van der Waals surface area contributed by atoms with Gasteiger partial charge in [-0.3, -0.25) is 4.79 Å². The van der Waals surface area contributed by atoms with Gasteiger partial charge in [0.05, 0.1) is 13.0 Å². The maximum Gasteiger partial charge on any atom is 0.310 e. The van der Waals surface area contributed by atoms with Gasteiger partial charge in [0.1, 0.15) is 5.69 Å². The molecule has 0 bridgehead atoms. The number of esters is 1. The first-order valence-corrected chi connectivity index (χ1v) is 5.31. The molecule has 0 aliphatic rings. The molecule has 0 aliphatic carbocycles. The van der Waals surface area contributed by atoms with Crippen LogP contribution in [0.25, 0.3) is 0 Å². The highest BCUT2D eigenvalue weighted by Crippen LogP contribution is 2.22. The molecule has 0 saturated heterocycles. The van der Waals surface area contributed by atoms with Crippen molar-refractivity contribution in [1.82, 2.24) is 4.98 Å². The summed E-state index contributed by atoms with van der Waals surface area (Å²) in [6, 6.07) is 0.979. The standard InChI is InChI=1S/C11H13F3N2O2/c1-2-18-9(17)4-6-3-8(10(12)13)16-11(14)7(6)5-15/h3,10H,2,4-5,15H2,1H3. The van der Waals surface area contributed by atoms with E-state index >= 15 is 0 Å². The molecule has 0 atom stereocenters. The summed E-state index contributed by atoms with van der Waals surface area (Å²) in [6.07, 6.45) is -3.22. The normalized spacial score (nSPS) is 10.8. The van der Waals surface area contributed by atoms with Gasteiger partial charge in [0, 0.05) is 12.1 Å². The molecule has 1 rings (SSSR count). The Morgan fingerprint density at radius 3 is 2.72 bits per heavy atom. The van der Waals surface area contributed by atoms with Crippen molar-refractivity contribution in [3.05, 3.63) is 28.8 Å². The first-order chi connectivity index (χ1) is 8.49. The molecule has 1 aromatic heterocycles. The van der Waals surface area contributed by atoms with Crippen LogP contribution in [0, 0.1) is 5.95 Å². The molecule has 7 heteroatoms. The number of nitrogens with zero attached hydrogens (tertiary/aromatic N) is 1. The highest BCUT2D eigenvalue weighted by atomic mass is 19.3. The predicted molar refractivity (Wildman–Crippen MR) is 57.4 cm³/mol. The van der Waals surface area contributed by atoms with Crippen LogP contribution in [0.15, 0.2) is 6.07 Å². The van der Waals surface area contributed by atoms with E-state index in [4.69, 9.17) is 5.73 Å². The van der Waals surface area contributed by atoms with Gasteiger partial charge in [0.2, 0.25) is 5.95 Å². The van der Waals surface area contributed by atoms with Crippen molar-refractivity contribution in [2.24, 2.45) is 5.73 Å². The summed E-state index contributed by atoms with van der Waals surface area (Å²) in [5, 5.41) is 0. The molecule has 0 saturated carbocycles. The van der Waals surface area contributed by atoms with Gasteiger partial charge in [-0.1, -0.05) is 0 Å². The molecule has 100 valence electrons. The van der Waals surface area contributed by atoms with Gasteiger partial charge in [-0.2, -0.15) is 4.39 Å². The van der Waals surface area contributed by atoms with Crippen molar-refractivity contribution in [2.75, 3.05) is 6.61 Å². The number of aromatic nitrogens is 1. The molecule has 0 spiro atoms. The molecular formula is C11H13F3N2O2. The minimum Gasteiger partial charge on any atom is -0.466 e. The fourth-order valence-electron chi connectivity index (χ4n) is 1.46. The van der Waals surface area contributed by atoms with Gasteiger partial charge in [-0.05, 0) is 18.6 Å². The molecule has 1 heterocycles. The van der Waals surface area contributed by atoms with Gasteiger partial charge < -0.3 is 10.5 Å². The predicted octanol–water partition coefficient (Wildman–Crippen LogP) is 1.72. The van der Waals surface area contributed by atoms with Gasteiger partial charge in [-0.25, -0.2) is 13.8 Å². The summed E-state index contributed by atoms with van der Waals surface area (Å²) >= 11 is 0. The lowest BCUT2D eigenvalue weighted by molar-refractivity contribution is -0.142. The summed E-state index contributed by atoms with van der Waals surface area (Å²) in [5.74, 6) is -1.70. The van der Waals surface area contributed by atoms with Crippen molar-refractivity contribution in [3.8, 4) is 0 Å². The summed E-state index contributed by atoms with van der Waals surface area (Å²) in [7, 11) is 0. The Morgan fingerprint density at radius 2 is 2.22 bits per heavy atom. The van der Waals surface area contributed by atoms with Crippen molar-refractivity contribution in [3.63, 3.8) is 0 Å². The zero-order valence-corrected chi connectivity index (χ0v) is 9.75. The molecule has 1 aromatic rings. The quantitative estimate of drug-likeness (QED) is 0.648. The molecule has 4 nitrogen and oxygen atoms in total. The Hall–Kier alpha value is -1.63.